The summed E-state index contributed by atoms with van der Waals surface area (Å²) in [7, 11) is 1.49. The number of ether oxygens (including phenoxy) is 1. The van der Waals surface area contributed by atoms with Crippen LogP contribution in [0.25, 0.3) is 11.8 Å². The highest BCUT2D eigenvalue weighted by atomic mass is 16.5. The van der Waals surface area contributed by atoms with Gasteiger partial charge in [-0.25, -0.2) is 9.69 Å². The van der Waals surface area contributed by atoms with E-state index in [0.717, 1.165) is 16.3 Å². The Morgan fingerprint density at radius 3 is 2.55 bits per heavy atom. The van der Waals surface area contributed by atoms with E-state index < -0.39 is 24.4 Å². The molecule has 8 heteroatoms. The van der Waals surface area contributed by atoms with E-state index >= 15 is 0 Å². The summed E-state index contributed by atoms with van der Waals surface area (Å²) < 4.78 is 7.09. The number of benzene rings is 2. The topological polar surface area (TPSA) is 92.7 Å². The largest absolute Gasteiger partial charge is 0.495 e. The Kier molecular flexibility index (Phi) is 5.53. The summed E-state index contributed by atoms with van der Waals surface area (Å²) in [6.45, 7) is -0.417. The maximum absolute atomic E-state index is 12.8. The number of aromatic nitrogens is 1. The zero-order valence-corrected chi connectivity index (χ0v) is 16.7. The molecule has 1 aromatic heterocycles. The molecule has 3 aromatic rings. The highest BCUT2D eigenvalue weighted by Crippen LogP contribution is 2.23. The molecular weight excluding hydrogens is 396 g/mol. The second-order valence-corrected chi connectivity index (χ2v) is 6.77. The smallest absolute Gasteiger partial charge is 0.329 e. The third-order valence-corrected chi connectivity index (χ3v) is 4.75. The molecule has 0 bridgehead atoms. The number of rotatable bonds is 6. The molecule has 2 aromatic carbocycles. The van der Waals surface area contributed by atoms with E-state index in [2.05, 4.69) is 10.6 Å². The van der Waals surface area contributed by atoms with Crippen LogP contribution in [0.5, 0.6) is 5.75 Å². The van der Waals surface area contributed by atoms with Crippen molar-refractivity contribution in [2.75, 3.05) is 19.0 Å². The van der Waals surface area contributed by atoms with Crippen molar-refractivity contribution in [2.45, 2.75) is 0 Å². The van der Waals surface area contributed by atoms with Crippen LogP contribution in [0.15, 0.2) is 78.6 Å². The van der Waals surface area contributed by atoms with Crippen molar-refractivity contribution in [1.82, 2.24) is 14.8 Å². The van der Waals surface area contributed by atoms with Crippen molar-refractivity contribution in [3.05, 3.63) is 84.3 Å². The van der Waals surface area contributed by atoms with E-state index in [0.29, 0.717) is 11.4 Å². The van der Waals surface area contributed by atoms with E-state index in [1.165, 1.54) is 7.11 Å². The molecule has 156 valence electrons. The van der Waals surface area contributed by atoms with Crippen LogP contribution in [-0.4, -0.2) is 41.0 Å². The van der Waals surface area contributed by atoms with Gasteiger partial charge in [0.2, 0.25) is 5.91 Å². The molecule has 0 spiro atoms. The van der Waals surface area contributed by atoms with Crippen molar-refractivity contribution in [1.29, 1.82) is 0 Å². The molecule has 1 aliphatic rings. The standard InChI is InChI=1S/C23H20N4O4/c1-31-20-12-6-5-11-18(20)24-21(28)15-27-22(29)19(25-23(27)30)14-17-10-7-13-26(17)16-8-3-2-4-9-16/h2-14H,15H2,1H3,(H,24,28)(H,25,30)/b19-14+. The molecule has 2 heterocycles. The molecule has 0 aliphatic carbocycles. The number of nitrogens with zero attached hydrogens (tertiary/aromatic N) is 2. The van der Waals surface area contributed by atoms with Crippen molar-refractivity contribution in [3.8, 4) is 11.4 Å². The second-order valence-electron chi connectivity index (χ2n) is 6.77. The van der Waals surface area contributed by atoms with E-state index in [4.69, 9.17) is 4.74 Å². The van der Waals surface area contributed by atoms with Gasteiger partial charge in [0.25, 0.3) is 5.91 Å². The van der Waals surface area contributed by atoms with Gasteiger partial charge in [0.1, 0.15) is 18.0 Å². The second kappa shape index (κ2) is 8.58. The van der Waals surface area contributed by atoms with E-state index in [-0.39, 0.29) is 5.70 Å². The molecule has 0 atom stereocenters. The van der Waals surface area contributed by atoms with Crippen molar-refractivity contribution >= 4 is 29.6 Å². The predicted molar refractivity (Wildman–Crippen MR) is 116 cm³/mol. The van der Waals surface area contributed by atoms with Gasteiger partial charge in [-0.2, -0.15) is 0 Å². The van der Waals surface area contributed by atoms with Gasteiger partial charge >= 0.3 is 6.03 Å². The van der Waals surface area contributed by atoms with Gasteiger partial charge in [0.15, 0.2) is 0 Å². The number of para-hydroxylation sites is 3. The molecule has 0 unspecified atom stereocenters. The number of methoxy groups -OCH3 is 1. The van der Waals surface area contributed by atoms with Gasteiger partial charge in [-0.05, 0) is 42.5 Å². The fourth-order valence-corrected chi connectivity index (χ4v) is 3.28. The molecule has 31 heavy (non-hydrogen) atoms. The van der Waals surface area contributed by atoms with Crippen LogP contribution in [0.2, 0.25) is 0 Å². The van der Waals surface area contributed by atoms with Crippen LogP contribution >= 0.6 is 0 Å². The normalized spacial score (nSPS) is 14.6. The molecule has 4 amide bonds. The van der Waals surface area contributed by atoms with Gasteiger partial charge in [0.05, 0.1) is 12.8 Å². The average Bonchev–Trinajstić information content (AvgIpc) is 3.35. The maximum atomic E-state index is 12.8. The first kappa shape index (κ1) is 20.0. The molecule has 0 saturated carbocycles. The van der Waals surface area contributed by atoms with E-state index in [9.17, 15) is 14.4 Å². The number of carbonyl (C=O) groups is 3. The van der Waals surface area contributed by atoms with Crippen LogP contribution in [0, 0.1) is 0 Å². The Hall–Kier alpha value is -4.33. The zero-order valence-electron chi connectivity index (χ0n) is 16.7. The van der Waals surface area contributed by atoms with Crippen LogP contribution in [-0.2, 0) is 9.59 Å². The summed E-state index contributed by atoms with van der Waals surface area (Å²) in [5.41, 5.74) is 2.20. The molecule has 1 saturated heterocycles. The summed E-state index contributed by atoms with van der Waals surface area (Å²) in [4.78, 5) is 38.4. The minimum Gasteiger partial charge on any atom is -0.495 e. The Balaban J connectivity index is 1.50. The Morgan fingerprint density at radius 2 is 1.77 bits per heavy atom. The Labute approximate surface area is 178 Å². The number of hydrogen-bond acceptors (Lipinski definition) is 4. The van der Waals surface area contributed by atoms with Crippen molar-refractivity contribution < 1.29 is 19.1 Å². The van der Waals surface area contributed by atoms with Crippen LogP contribution in [0.1, 0.15) is 5.69 Å². The minimum atomic E-state index is -0.649. The van der Waals surface area contributed by atoms with Crippen LogP contribution in [0.4, 0.5) is 10.5 Å². The number of imide groups is 1. The van der Waals surface area contributed by atoms with E-state index in [1.54, 1.807) is 30.3 Å². The minimum absolute atomic E-state index is 0.103. The monoisotopic (exact) mass is 416 g/mol. The predicted octanol–water partition coefficient (Wildman–Crippen LogP) is 3.02. The summed E-state index contributed by atoms with van der Waals surface area (Å²) in [5.74, 6) is -0.599. The molecular formula is C23H20N4O4. The van der Waals surface area contributed by atoms with Gasteiger partial charge in [-0.1, -0.05) is 30.3 Å². The lowest BCUT2D eigenvalue weighted by Gasteiger charge is -2.13. The number of amides is 4. The lowest BCUT2D eigenvalue weighted by atomic mass is 10.2. The van der Waals surface area contributed by atoms with Gasteiger partial charge in [0, 0.05) is 17.6 Å². The van der Waals surface area contributed by atoms with Gasteiger partial charge < -0.3 is 19.9 Å². The molecule has 8 nitrogen and oxygen atoms in total. The lowest BCUT2D eigenvalue weighted by molar-refractivity contribution is -0.127. The van der Waals surface area contributed by atoms with Crippen LogP contribution < -0.4 is 15.4 Å². The highest BCUT2D eigenvalue weighted by Gasteiger charge is 2.35. The third-order valence-electron chi connectivity index (χ3n) is 4.75. The van der Waals surface area contributed by atoms with Crippen molar-refractivity contribution in [3.63, 3.8) is 0 Å². The summed E-state index contributed by atoms with van der Waals surface area (Å²) in [6, 6.07) is 19.5. The highest BCUT2D eigenvalue weighted by molar-refractivity contribution is 6.16. The first-order valence-electron chi connectivity index (χ1n) is 9.57. The first-order chi connectivity index (χ1) is 15.1. The lowest BCUT2D eigenvalue weighted by Crippen LogP contribution is -2.38. The maximum Gasteiger partial charge on any atom is 0.329 e. The SMILES string of the molecule is COc1ccccc1NC(=O)CN1C(=O)N/C(=C/c2cccn2-c2ccccc2)C1=O. The molecule has 0 radical (unpaired) electrons. The Bertz CT molecular complexity index is 1170. The third kappa shape index (κ3) is 4.18. The fraction of sp³-hybridized carbons (Fsp3) is 0.0870. The Morgan fingerprint density at radius 1 is 1.03 bits per heavy atom. The molecule has 1 fully saturated rings. The average molecular weight is 416 g/mol. The summed E-state index contributed by atoms with van der Waals surface area (Å²) in [5, 5.41) is 5.20. The van der Waals surface area contributed by atoms with E-state index in [1.807, 2.05) is 53.2 Å². The molecule has 2 N–H and O–H groups in total. The van der Waals surface area contributed by atoms with Crippen LogP contribution in [0.3, 0.4) is 0 Å². The molecule has 1 aliphatic heterocycles. The number of carbonyl (C=O) groups excluding carboxylic acids is 3. The molecule has 4 rings (SSSR count). The quantitative estimate of drug-likeness (QED) is 0.477. The fourth-order valence-electron chi connectivity index (χ4n) is 3.28. The van der Waals surface area contributed by atoms with Gasteiger partial charge in [-0.15, -0.1) is 0 Å². The summed E-state index contributed by atoms with van der Waals surface area (Å²) in [6.07, 6.45) is 3.45. The number of anilines is 1. The van der Waals surface area contributed by atoms with Crippen molar-refractivity contribution in [2.24, 2.45) is 0 Å². The van der Waals surface area contributed by atoms with Gasteiger partial charge in [-0.3, -0.25) is 9.59 Å². The number of hydrogen-bond donors (Lipinski definition) is 2. The number of urea groups is 1. The zero-order chi connectivity index (χ0) is 21.8. The number of nitrogens with one attached hydrogen (secondary N) is 2. The summed E-state index contributed by atoms with van der Waals surface area (Å²) >= 11 is 0. The first-order valence-corrected chi connectivity index (χ1v) is 9.57.